The predicted molar refractivity (Wildman–Crippen MR) is 32.4 cm³/mol. The largest absolute Gasteiger partial charge is 0.480 e. The van der Waals surface area contributed by atoms with E-state index in [2.05, 4.69) is 4.42 Å². The van der Waals surface area contributed by atoms with Gasteiger partial charge in [0.1, 0.15) is 0 Å². The smallest absolute Gasteiger partial charge is 0.321 e. The topological polar surface area (TPSA) is 93.6 Å². The van der Waals surface area contributed by atoms with Gasteiger partial charge in [-0.2, -0.15) is 0 Å². The summed E-state index contributed by atoms with van der Waals surface area (Å²) in [6.45, 7) is 0. The SMILES string of the molecule is O=Cc1c([N+](=O)[O-])coc1O. The second kappa shape index (κ2) is 2.41. The molecule has 0 unspecified atom stereocenters. The van der Waals surface area contributed by atoms with Crippen LogP contribution in [0.1, 0.15) is 10.4 Å². The van der Waals surface area contributed by atoms with Gasteiger partial charge in [-0.05, 0) is 0 Å². The number of aromatic hydroxyl groups is 1. The van der Waals surface area contributed by atoms with E-state index in [1.165, 1.54) is 0 Å². The Morgan fingerprint density at radius 3 is 2.73 bits per heavy atom. The van der Waals surface area contributed by atoms with Crippen LogP contribution in [0.15, 0.2) is 10.7 Å². The van der Waals surface area contributed by atoms with Crippen LogP contribution in [-0.4, -0.2) is 16.3 Å². The maximum Gasteiger partial charge on any atom is 0.321 e. The van der Waals surface area contributed by atoms with E-state index in [1.54, 1.807) is 0 Å². The molecule has 0 bridgehead atoms. The second-order valence-corrected chi connectivity index (χ2v) is 1.71. The number of nitrogens with zero attached hydrogens (tertiary/aromatic N) is 1. The molecule has 0 radical (unpaired) electrons. The van der Waals surface area contributed by atoms with E-state index >= 15 is 0 Å². The van der Waals surface area contributed by atoms with E-state index in [1.807, 2.05) is 0 Å². The van der Waals surface area contributed by atoms with Crippen molar-refractivity contribution in [3.8, 4) is 5.95 Å². The summed E-state index contributed by atoms with van der Waals surface area (Å²) < 4.78 is 4.23. The van der Waals surface area contributed by atoms with Crippen molar-refractivity contribution in [3.63, 3.8) is 0 Å². The van der Waals surface area contributed by atoms with Crippen LogP contribution in [0.4, 0.5) is 5.69 Å². The highest BCUT2D eigenvalue weighted by Gasteiger charge is 2.21. The molecule has 6 nitrogen and oxygen atoms in total. The molecule has 0 aromatic carbocycles. The molecule has 0 saturated carbocycles. The normalized spacial score (nSPS) is 9.45. The minimum absolute atomic E-state index is 0.164. The molecular formula is C5H3NO5. The standard InChI is InChI=1S/C5H3NO5/c7-1-3-4(6(9)10)2-11-5(3)8/h1-2,8H. The molecular weight excluding hydrogens is 154 g/mol. The van der Waals surface area contributed by atoms with Gasteiger partial charge in [-0.15, -0.1) is 0 Å². The molecule has 6 heteroatoms. The first-order valence-electron chi connectivity index (χ1n) is 2.57. The summed E-state index contributed by atoms with van der Waals surface area (Å²) in [6, 6.07) is 0. The molecule has 0 aliphatic carbocycles. The van der Waals surface area contributed by atoms with E-state index in [0.29, 0.717) is 6.26 Å². The molecule has 1 N–H and O–H groups in total. The van der Waals surface area contributed by atoms with E-state index in [9.17, 15) is 14.9 Å². The van der Waals surface area contributed by atoms with Crippen molar-refractivity contribution in [1.29, 1.82) is 0 Å². The average Bonchev–Trinajstić information content (AvgIpc) is 2.30. The zero-order valence-electron chi connectivity index (χ0n) is 5.18. The fourth-order valence-electron chi connectivity index (χ4n) is 0.600. The van der Waals surface area contributed by atoms with Crippen molar-refractivity contribution in [1.82, 2.24) is 0 Å². The van der Waals surface area contributed by atoms with Gasteiger partial charge in [0.05, 0.1) is 4.92 Å². The fraction of sp³-hybridized carbons (Fsp3) is 0. The Balaban J connectivity index is 3.26. The number of hydrogen-bond acceptors (Lipinski definition) is 5. The first kappa shape index (κ1) is 7.26. The van der Waals surface area contributed by atoms with Gasteiger partial charge >= 0.3 is 5.69 Å². The number of carbonyl (C=O) groups is 1. The summed E-state index contributed by atoms with van der Waals surface area (Å²) in [6.07, 6.45) is 0.871. The Morgan fingerprint density at radius 2 is 2.36 bits per heavy atom. The Morgan fingerprint density at radius 1 is 1.73 bits per heavy atom. The molecule has 1 aromatic heterocycles. The monoisotopic (exact) mass is 157 g/mol. The number of nitro groups is 1. The molecule has 1 heterocycles. The Hall–Kier alpha value is -1.85. The van der Waals surface area contributed by atoms with E-state index in [-0.39, 0.29) is 6.29 Å². The van der Waals surface area contributed by atoms with Gasteiger partial charge in [-0.3, -0.25) is 14.9 Å². The van der Waals surface area contributed by atoms with E-state index < -0.39 is 22.1 Å². The third-order valence-electron chi connectivity index (χ3n) is 1.10. The van der Waals surface area contributed by atoms with Gasteiger partial charge in [0, 0.05) is 0 Å². The molecule has 1 aromatic rings. The second-order valence-electron chi connectivity index (χ2n) is 1.71. The molecule has 0 fully saturated rings. The lowest BCUT2D eigenvalue weighted by Gasteiger charge is -1.83. The summed E-state index contributed by atoms with van der Waals surface area (Å²) in [5.41, 5.74) is -0.965. The first-order chi connectivity index (χ1) is 5.16. The lowest BCUT2D eigenvalue weighted by Crippen LogP contribution is -1.89. The Bertz CT molecular complexity index is 302. The Labute approximate surface area is 60.2 Å². The van der Waals surface area contributed by atoms with Crippen LogP contribution >= 0.6 is 0 Å². The highest BCUT2D eigenvalue weighted by molar-refractivity contribution is 5.83. The third-order valence-corrected chi connectivity index (χ3v) is 1.10. The predicted octanol–water partition coefficient (Wildman–Crippen LogP) is 0.706. The van der Waals surface area contributed by atoms with E-state index in [0.717, 1.165) is 0 Å². The maximum atomic E-state index is 10.1. The first-order valence-corrected chi connectivity index (χ1v) is 2.57. The lowest BCUT2D eigenvalue weighted by molar-refractivity contribution is -0.385. The lowest BCUT2D eigenvalue weighted by atomic mass is 10.3. The van der Waals surface area contributed by atoms with Crippen LogP contribution in [0.3, 0.4) is 0 Å². The van der Waals surface area contributed by atoms with Crippen LogP contribution < -0.4 is 0 Å². The summed E-state index contributed by atoms with van der Waals surface area (Å²) in [5.74, 6) is -0.730. The van der Waals surface area contributed by atoms with Crippen molar-refractivity contribution in [2.24, 2.45) is 0 Å². The number of furan rings is 1. The van der Waals surface area contributed by atoms with Gasteiger partial charge < -0.3 is 9.52 Å². The summed E-state index contributed by atoms with van der Waals surface area (Å²) in [4.78, 5) is 19.3. The van der Waals surface area contributed by atoms with Crippen molar-refractivity contribution >= 4 is 12.0 Å². The van der Waals surface area contributed by atoms with Crippen LogP contribution in [0.5, 0.6) is 5.95 Å². The van der Waals surface area contributed by atoms with Gasteiger partial charge in [-0.25, -0.2) is 0 Å². The maximum absolute atomic E-state index is 10.1. The van der Waals surface area contributed by atoms with Crippen LogP contribution in [0.25, 0.3) is 0 Å². The molecule has 0 amide bonds. The zero-order chi connectivity index (χ0) is 8.43. The number of carbonyl (C=O) groups excluding carboxylic acids is 1. The van der Waals surface area contributed by atoms with Crippen LogP contribution in [-0.2, 0) is 0 Å². The number of rotatable bonds is 2. The van der Waals surface area contributed by atoms with Crippen molar-refractivity contribution in [3.05, 3.63) is 21.9 Å². The van der Waals surface area contributed by atoms with Crippen molar-refractivity contribution in [2.75, 3.05) is 0 Å². The summed E-state index contributed by atoms with van der Waals surface area (Å²) in [7, 11) is 0. The zero-order valence-corrected chi connectivity index (χ0v) is 5.18. The van der Waals surface area contributed by atoms with Crippen LogP contribution in [0, 0.1) is 10.1 Å². The molecule has 0 atom stereocenters. The molecule has 0 saturated heterocycles. The highest BCUT2D eigenvalue weighted by Crippen LogP contribution is 2.27. The molecule has 0 aliphatic rings. The minimum Gasteiger partial charge on any atom is -0.480 e. The molecule has 0 spiro atoms. The Kier molecular flexibility index (Phi) is 1.59. The highest BCUT2D eigenvalue weighted by atomic mass is 16.6. The molecule has 11 heavy (non-hydrogen) atoms. The quantitative estimate of drug-likeness (QED) is 0.387. The van der Waals surface area contributed by atoms with Gasteiger partial charge in [0.2, 0.25) is 0 Å². The van der Waals surface area contributed by atoms with E-state index in [4.69, 9.17) is 5.11 Å². The van der Waals surface area contributed by atoms with Crippen molar-refractivity contribution < 1.29 is 19.2 Å². The molecule has 0 aliphatic heterocycles. The van der Waals surface area contributed by atoms with Crippen LogP contribution in [0.2, 0.25) is 0 Å². The van der Waals surface area contributed by atoms with Gasteiger partial charge in [0.15, 0.2) is 18.1 Å². The van der Waals surface area contributed by atoms with Gasteiger partial charge in [-0.1, -0.05) is 0 Å². The average molecular weight is 157 g/mol. The third kappa shape index (κ3) is 1.05. The fourth-order valence-corrected chi connectivity index (χ4v) is 0.600. The summed E-state index contributed by atoms with van der Waals surface area (Å²) in [5, 5.41) is 18.7. The minimum atomic E-state index is -0.813. The van der Waals surface area contributed by atoms with Crippen molar-refractivity contribution in [2.45, 2.75) is 0 Å². The molecule has 1 rings (SSSR count). The number of aldehydes is 1. The molecule has 58 valence electrons. The number of hydrogen-bond donors (Lipinski definition) is 1. The van der Waals surface area contributed by atoms with Gasteiger partial charge in [0.25, 0.3) is 5.95 Å². The summed E-state index contributed by atoms with van der Waals surface area (Å²) >= 11 is 0.